The molecule has 0 aliphatic carbocycles. The summed E-state index contributed by atoms with van der Waals surface area (Å²) in [4.78, 5) is 15.7. The third kappa shape index (κ3) is 3.65. The average Bonchev–Trinajstić information content (AvgIpc) is 2.45. The lowest BCUT2D eigenvalue weighted by molar-refractivity contribution is -0.138. The van der Waals surface area contributed by atoms with Crippen molar-refractivity contribution in [3.05, 3.63) is 59.8 Å². The number of rotatable bonds is 5. The van der Waals surface area contributed by atoms with Crippen LogP contribution in [0.5, 0.6) is 0 Å². The molecule has 1 atom stereocenters. The van der Waals surface area contributed by atoms with E-state index in [-0.39, 0.29) is 0 Å². The Bertz CT molecular complexity index is 633. The molecule has 0 aliphatic rings. The molecule has 1 aromatic carbocycles. The number of carbonyl (C=O) groups is 1. The Morgan fingerprint density at radius 2 is 1.86 bits per heavy atom. The molecule has 6 heteroatoms. The third-order valence-corrected chi connectivity index (χ3v) is 3.72. The van der Waals surface area contributed by atoms with Gasteiger partial charge in [0.05, 0.1) is 6.04 Å². The van der Waals surface area contributed by atoms with E-state index in [1.807, 2.05) is 25.1 Å². The number of anilines is 1. The zero-order valence-corrected chi connectivity index (χ0v) is 12.8. The second kappa shape index (κ2) is 6.33. The maximum Gasteiger partial charge on any atom is 0.342 e. The summed E-state index contributed by atoms with van der Waals surface area (Å²) >= 11 is 12.1. The Labute approximate surface area is 132 Å². The minimum Gasteiger partial charge on any atom is -0.479 e. The standard InChI is InChI=1S/C15H14Cl2N2O2/c1-10-6-5-9-12(18-10)19-13(15(16,17)14(20)21)11-7-3-2-4-8-11/h2-9,13H,1H3,(H,18,19)(H,20,21). The van der Waals surface area contributed by atoms with Gasteiger partial charge in [-0.2, -0.15) is 0 Å². The Morgan fingerprint density at radius 3 is 2.43 bits per heavy atom. The molecular weight excluding hydrogens is 311 g/mol. The number of nitrogens with one attached hydrogen (secondary N) is 1. The molecule has 0 bridgehead atoms. The lowest BCUT2D eigenvalue weighted by Gasteiger charge is -2.28. The molecular formula is C15H14Cl2N2O2. The summed E-state index contributed by atoms with van der Waals surface area (Å²) in [5.41, 5.74) is 1.46. The highest BCUT2D eigenvalue weighted by molar-refractivity contribution is 6.58. The Kier molecular flexibility index (Phi) is 4.70. The van der Waals surface area contributed by atoms with Crippen molar-refractivity contribution in [2.75, 3.05) is 5.32 Å². The first-order valence-electron chi connectivity index (χ1n) is 6.27. The Hall–Kier alpha value is -1.78. The molecule has 1 heterocycles. The van der Waals surface area contributed by atoms with Crippen molar-refractivity contribution < 1.29 is 9.90 Å². The van der Waals surface area contributed by atoms with Gasteiger partial charge in [-0.25, -0.2) is 9.78 Å². The fraction of sp³-hybridized carbons (Fsp3) is 0.200. The fourth-order valence-corrected chi connectivity index (χ4v) is 2.28. The summed E-state index contributed by atoms with van der Waals surface area (Å²) in [5, 5.41) is 12.3. The fourth-order valence-electron chi connectivity index (χ4n) is 1.92. The topological polar surface area (TPSA) is 62.2 Å². The molecule has 2 N–H and O–H groups in total. The van der Waals surface area contributed by atoms with Crippen LogP contribution in [0.1, 0.15) is 17.3 Å². The van der Waals surface area contributed by atoms with Gasteiger partial charge in [0.2, 0.25) is 4.33 Å². The molecule has 1 aromatic heterocycles. The van der Waals surface area contributed by atoms with E-state index >= 15 is 0 Å². The summed E-state index contributed by atoms with van der Waals surface area (Å²) in [6.07, 6.45) is 0. The van der Waals surface area contributed by atoms with E-state index in [1.54, 1.807) is 30.3 Å². The van der Waals surface area contributed by atoms with Crippen LogP contribution >= 0.6 is 23.2 Å². The molecule has 0 amide bonds. The number of aromatic nitrogens is 1. The van der Waals surface area contributed by atoms with Crippen molar-refractivity contribution in [1.29, 1.82) is 0 Å². The van der Waals surface area contributed by atoms with Crippen molar-refractivity contribution in [2.24, 2.45) is 0 Å². The number of halogens is 2. The molecule has 0 spiro atoms. The van der Waals surface area contributed by atoms with Crippen molar-refractivity contribution in [3.8, 4) is 0 Å². The van der Waals surface area contributed by atoms with Crippen LogP contribution < -0.4 is 5.32 Å². The number of benzene rings is 1. The number of pyridine rings is 1. The molecule has 4 nitrogen and oxygen atoms in total. The van der Waals surface area contributed by atoms with Crippen LogP contribution in [0.25, 0.3) is 0 Å². The highest BCUT2D eigenvalue weighted by Gasteiger charge is 2.44. The van der Waals surface area contributed by atoms with Gasteiger partial charge in [-0.05, 0) is 24.6 Å². The summed E-state index contributed by atoms with van der Waals surface area (Å²) in [5.74, 6) is -0.810. The lowest BCUT2D eigenvalue weighted by Crippen LogP contribution is -2.37. The first kappa shape index (κ1) is 15.6. The minimum absolute atomic E-state index is 0.510. The largest absolute Gasteiger partial charge is 0.479 e. The van der Waals surface area contributed by atoms with Gasteiger partial charge in [0.1, 0.15) is 5.82 Å². The number of hydrogen-bond donors (Lipinski definition) is 2. The van der Waals surface area contributed by atoms with E-state index in [0.29, 0.717) is 11.4 Å². The van der Waals surface area contributed by atoms with E-state index in [1.165, 1.54) is 0 Å². The van der Waals surface area contributed by atoms with Crippen molar-refractivity contribution in [2.45, 2.75) is 17.3 Å². The number of carboxylic acid groups (broad SMARTS) is 1. The van der Waals surface area contributed by atoms with Crippen LogP contribution in [0.4, 0.5) is 5.82 Å². The minimum atomic E-state index is -2.02. The molecule has 110 valence electrons. The predicted molar refractivity (Wildman–Crippen MR) is 83.9 cm³/mol. The summed E-state index contributed by atoms with van der Waals surface area (Å²) in [6, 6.07) is 13.5. The molecule has 0 aliphatic heterocycles. The average molecular weight is 325 g/mol. The van der Waals surface area contributed by atoms with Gasteiger partial charge in [0.25, 0.3) is 0 Å². The van der Waals surface area contributed by atoms with Crippen LogP contribution in [0.2, 0.25) is 0 Å². The monoisotopic (exact) mass is 324 g/mol. The van der Waals surface area contributed by atoms with Crippen molar-refractivity contribution >= 4 is 35.0 Å². The maximum absolute atomic E-state index is 11.4. The zero-order valence-electron chi connectivity index (χ0n) is 11.3. The zero-order chi connectivity index (χ0) is 15.5. The molecule has 0 saturated carbocycles. The molecule has 1 unspecified atom stereocenters. The van der Waals surface area contributed by atoms with E-state index in [0.717, 1.165) is 5.69 Å². The van der Waals surface area contributed by atoms with E-state index in [9.17, 15) is 9.90 Å². The summed E-state index contributed by atoms with van der Waals surface area (Å²) < 4.78 is -2.02. The first-order valence-corrected chi connectivity index (χ1v) is 7.03. The molecule has 0 fully saturated rings. The second-order valence-electron chi connectivity index (χ2n) is 4.58. The van der Waals surface area contributed by atoms with Gasteiger partial charge in [0.15, 0.2) is 0 Å². The summed E-state index contributed by atoms with van der Waals surface area (Å²) in [6.45, 7) is 1.84. The van der Waals surface area contributed by atoms with Crippen LogP contribution in [0, 0.1) is 6.92 Å². The Balaban J connectivity index is 2.40. The van der Waals surface area contributed by atoms with Gasteiger partial charge < -0.3 is 10.4 Å². The van der Waals surface area contributed by atoms with Gasteiger partial charge >= 0.3 is 5.97 Å². The van der Waals surface area contributed by atoms with Crippen molar-refractivity contribution in [1.82, 2.24) is 4.98 Å². The van der Waals surface area contributed by atoms with Gasteiger partial charge in [-0.1, -0.05) is 59.6 Å². The maximum atomic E-state index is 11.4. The molecule has 21 heavy (non-hydrogen) atoms. The molecule has 2 aromatic rings. The van der Waals surface area contributed by atoms with Crippen molar-refractivity contribution in [3.63, 3.8) is 0 Å². The second-order valence-corrected chi connectivity index (χ2v) is 5.97. The van der Waals surface area contributed by atoms with Crippen LogP contribution in [-0.2, 0) is 4.79 Å². The van der Waals surface area contributed by atoms with Crippen LogP contribution in [-0.4, -0.2) is 20.4 Å². The lowest BCUT2D eigenvalue weighted by atomic mass is 10.0. The number of alkyl halides is 2. The number of hydrogen-bond acceptors (Lipinski definition) is 3. The normalized spacial score (nSPS) is 12.7. The number of nitrogens with zero attached hydrogens (tertiary/aromatic N) is 1. The molecule has 0 saturated heterocycles. The number of aryl methyl sites for hydroxylation is 1. The highest BCUT2D eigenvalue weighted by atomic mass is 35.5. The Morgan fingerprint density at radius 1 is 1.19 bits per heavy atom. The summed E-state index contributed by atoms with van der Waals surface area (Å²) in [7, 11) is 0. The van der Waals surface area contributed by atoms with E-state index in [4.69, 9.17) is 23.2 Å². The van der Waals surface area contributed by atoms with Gasteiger partial charge in [-0.3, -0.25) is 0 Å². The first-order chi connectivity index (χ1) is 9.91. The molecule has 2 rings (SSSR count). The SMILES string of the molecule is Cc1cccc(NC(c2ccccc2)C(Cl)(Cl)C(=O)O)n1. The van der Waals surface area contributed by atoms with Gasteiger partial charge in [0, 0.05) is 5.69 Å². The predicted octanol–water partition coefficient (Wildman–Crippen LogP) is 3.80. The third-order valence-electron chi connectivity index (χ3n) is 2.96. The molecule has 0 radical (unpaired) electrons. The number of aliphatic carboxylic acids is 1. The highest BCUT2D eigenvalue weighted by Crippen LogP contribution is 2.38. The number of carboxylic acids is 1. The van der Waals surface area contributed by atoms with Crippen LogP contribution in [0.3, 0.4) is 0 Å². The quantitative estimate of drug-likeness (QED) is 0.821. The van der Waals surface area contributed by atoms with E-state index < -0.39 is 16.3 Å². The van der Waals surface area contributed by atoms with E-state index in [2.05, 4.69) is 10.3 Å². The van der Waals surface area contributed by atoms with Gasteiger partial charge in [-0.15, -0.1) is 0 Å². The van der Waals surface area contributed by atoms with Crippen LogP contribution in [0.15, 0.2) is 48.5 Å². The smallest absolute Gasteiger partial charge is 0.342 e.